The molecule has 1 aromatic carbocycles. The lowest BCUT2D eigenvalue weighted by Gasteiger charge is -2.31. The summed E-state index contributed by atoms with van der Waals surface area (Å²) < 4.78 is 0. The molecule has 0 spiro atoms. The van der Waals surface area contributed by atoms with Gasteiger partial charge in [-0.2, -0.15) is 0 Å². The van der Waals surface area contributed by atoms with Crippen LogP contribution in [0.5, 0.6) is 0 Å². The molecule has 1 N–H and O–H groups in total. The van der Waals surface area contributed by atoms with E-state index in [-0.39, 0.29) is 5.41 Å². The monoisotopic (exact) mass is 307 g/mol. The highest BCUT2D eigenvalue weighted by atomic mass is 35.5. The lowest BCUT2D eigenvalue weighted by atomic mass is 9.85. The molecule has 0 radical (unpaired) electrons. The lowest BCUT2D eigenvalue weighted by Crippen LogP contribution is -2.40. The van der Waals surface area contributed by atoms with E-state index in [9.17, 15) is 0 Å². The first-order valence-electron chi connectivity index (χ1n) is 6.08. The fourth-order valence-electron chi connectivity index (χ4n) is 1.87. The van der Waals surface area contributed by atoms with E-state index in [1.54, 1.807) is 6.07 Å². The molecule has 0 amide bonds. The zero-order valence-corrected chi connectivity index (χ0v) is 13.3. The summed E-state index contributed by atoms with van der Waals surface area (Å²) in [4.78, 5) is 0. The minimum absolute atomic E-state index is 0.167. The highest BCUT2D eigenvalue weighted by Crippen LogP contribution is 2.27. The number of halogens is 3. The fraction of sp³-hybridized carbons (Fsp3) is 0.571. The van der Waals surface area contributed by atoms with Crippen LogP contribution < -0.4 is 5.32 Å². The van der Waals surface area contributed by atoms with Crippen LogP contribution in [0.15, 0.2) is 18.2 Å². The predicted molar refractivity (Wildman–Crippen MR) is 81.9 cm³/mol. The number of hydrogen-bond donors (Lipinski definition) is 1. The van der Waals surface area contributed by atoms with Crippen LogP contribution in [0.2, 0.25) is 10.0 Å². The van der Waals surface area contributed by atoms with Crippen molar-refractivity contribution in [2.45, 2.75) is 39.8 Å². The molecule has 0 aliphatic rings. The Morgan fingerprint density at radius 1 is 1.22 bits per heavy atom. The van der Waals surface area contributed by atoms with Crippen molar-refractivity contribution in [3.63, 3.8) is 0 Å². The maximum Gasteiger partial charge on any atom is 0.0637 e. The van der Waals surface area contributed by atoms with E-state index in [1.807, 2.05) is 12.1 Å². The normalized spacial score (nSPS) is 13.7. The average Bonchev–Trinajstić information content (AvgIpc) is 2.28. The molecule has 18 heavy (non-hydrogen) atoms. The Hall–Kier alpha value is 0.0500. The van der Waals surface area contributed by atoms with Crippen molar-refractivity contribution in [2.75, 3.05) is 5.88 Å². The van der Waals surface area contributed by atoms with E-state index in [0.29, 0.717) is 28.5 Å². The van der Waals surface area contributed by atoms with Crippen LogP contribution in [0, 0.1) is 5.41 Å². The first-order chi connectivity index (χ1) is 8.36. The Balaban J connectivity index is 2.70. The second-order valence-corrected chi connectivity index (χ2v) is 6.65. The number of benzene rings is 1. The molecule has 102 valence electrons. The van der Waals surface area contributed by atoms with Crippen molar-refractivity contribution < 1.29 is 0 Å². The molecule has 0 aliphatic heterocycles. The van der Waals surface area contributed by atoms with Crippen LogP contribution in [0.1, 0.15) is 32.8 Å². The third-order valence-electron chi connectivity index (χ3n) is 3.01. The molecule has 0 heterocycles. The molecule has 0 aliphatic carbocycles. The van der Waals surface area contributed by atoms with Crippen LogP contribution >= 0.6 is 34.8 Å². The molecule has 0 bridgehead atoms. The molecule has 4 heteroatoms. The summed E-state index contributed by atoms with van der Waals surface area (Å²) in [7, 11) is 0. The summed E-state index contributed by atoms with van der Waals surface area (Å²) in [5.74, 6) is 0.651. The van der Waals surface area contributed by atoms with Crippen molar-refractivity contribution in [2.24, 2.45) is 5.41 Å². The smallest absolute Gasteiger partial charge is 0.0637 e. The van der Waals surface area contributed by atoms with E-state index in [0.717, 1.165) is 12.0 Å². The highest BCUT2D eigenvalue weighted by Gasteiger charge is 2.23. The Kier molecular flexibility index (Phi) is 6.26. The summed E-state index contributed by atoms with van der Waals surface area (Å²) in [6.07, 6.45) is 0.934. The van der Waals surface area contributed by atoms with E-state index in [1.165, 1.54) is 0 Å². The summed E-state index contributed by atoms with van der Waals surface area (Å²) in [6, 6.07) is 6.05. The van der Waals surface area contributed by atoms with Gasteiger partial charge in [0.15, 0.2) is 0 Å². The number of hydrogen-bond acceptors (Lipinski definition) is 1. The van der Waals surface area contributed by atoms with Crippen molar-refractivity contribution in [1.82, 2.24) is 5.32 Å². The standard InChI is InChI=1S/C14H20Cl3N/c1-14(2,3)12(7-8-15)18-9-10-5-4-6-11(16)13(10)17/h4-6,12,18H,7-9H2,1-3H3. The van der Waals surface area contributed by atoms with Crippen LogP contribution in [-0.2, 0) is 6.54 Å². The van der Waals surface area contributed by atoms with Gasteiger partial charge in [-0.1, -0.05) is 56.1 Å². The van der Waals surface area contributed by atoms with Crippen molar-refractivity contribution in [3.05, 3.63) is 33.8 Å². The molecule has 0 fully saturated rings. The Labute approximate surface area is 125 Å². The average molecular weight is 309 g/mol. The second kappa shape index (κ2) is 7.00. The largest absolute Gasteiger partial charge is 0.309 e. The van der Waals surface area contributed by atoms with E-state index in [2.05, 4.69) is 26.1 Å². The van der Waals surface area contributed by atoms with Gasteiger partial charge < -0.3 is 5.32 Å². The van der Waals surface area contributed by atoms with Crippen molar-refractivity contribution >= 4 is 34.8 Å². The van der Waals surface area contributed by atoms with Gasteiger partial charge >= 0.3 is 0 Å². The molecular weight excluding hydrogens is 289 g/mol. The highest BCUT2D eigenvalue weighted by molar-refractivity contribution is 6.42. The molecule has 1 rings (SSSR count). The van der Waals surface area contributed by atoms with Gasteiger partial charge in [0.2, 0.25) is 0 Å². The molecule has 1 atom stereocenters. The lowest BCUT2D eigenvalue weighted by molar-refractivity contribution is 0.260. The molecule has 1 aromatic rings. The van der Waals surface area contributed by atoms with Gasteiger partial charge in [0.1, 0.15) is 0 Å². The zero-order valence-electron chi connectivity index (χ0n) is 11.1. The zero-order chi connectivity index (χ0) is 13.8. The van der Waals surface area contributed by atoms with E-state index >= 15 is 0 Å². The van der Waals surface area contributed by atoms with Gasteiger partial charge in [0.25, 0.3) is 0 Å². The quantitative estimate of drug-likeness (QED) is 0.744. The number of nitrogens with one attached hydrogen (secondary N) is 1. The third kappa shape index (κ3) is 4.62. The third-order valence-corrected chi connectivity index (χ3v) is 4.09. The Morgan fingerprint density at radius 2 is 1.89 bits per heavy atom. The summed E-state index contributed by atoms with van der Waals surface area (Å²) >= 11 is 18.0. The second-order valence-electron chi connectivity index (χ2n) is 5.49. The van der Waals surface area contributed by atoms with Gasteiger partial charge in [-0.15, -0.1) is 11.6 Å². The van der Waals surface area contributed by atoms with Crippen LogP contribution in [0.25, 0.3) is 0 Å². The van der Waals surface area contributed by atoms with Gasteiger partial charge in [0, 0.05) is 18.5 Å². The van der Waals surface area contributed by atoms with Crippen molar-refractivity contribution in [3.8, 4) is 0 Å². The predicted octanol–water partition coefficient (Wildman–Crippen LogP) is 5.13. The molecule has 0 saturated carbocycles. The molecule has 0 aromatic heterocycles. The molecule has 1 nitrogen and oxygen atoms in total. The minimum Gasteiger partial charge on any atom is -0.309 e. The summed E-state index contributed by atoms with van der Waals surface area (Å²) in [5, 5.41) is 4.75. The van der Waals surface area contributed by atoms with Gasteiger partial charge in [0.05, 0.1) is 10.0 Å². The van der Waals surface area contributed by atoms with E-state index < -0.39 is 0 Å². The first kappa shape index (κ1) is 16.1. The van der Waals surface area contributed by atoms with Gasteiger partial charge in [-0.25, -0.2) is 0 Å². The van der Waals surface area contributed by atoms with Crippen molar-refractivity contribution in [1.29, 1.82) is 0 Å². The number of rotatable bonds is 5. The SMILES string of the molecule is CC(C)(C)C(CCCl)NCc1cccc(Cl)c1Cl. The summed E-state index contributed by atoms with van der Waals surface area (Å²) in [5.41, 5.74) is 1.19. The first-order valence-corrected chi connectivity index (χ1v) is 7.37. The van der Waals surface area contributed by atoms with Crippen LogP contribution in [0.4, 0.5) is 0 Å². The molecule has 0 saturated heterocycles. The fourth-order valence-corrected chi connectivity index (χ4v) is 2.47. The Morgan fingerprint density at radius 3 is 2.44 bits per heavy atom. The minimum atomic E-state index is 0.167. The molecular formula is C14H20Cl3N. The van der Waals surface area contributed by atoms with Gasteiger partial charge in [-0.3, -0.25) is 0 Å². The van der Waals surface area contributed by atoms with E-state index in [4.69, 9.17) is 34.8 Å². The van der Waals surface area contributed by atoms with Crippen LogP contribution in [-0.4, -0.2) is 11.9 Å². The maximum atomic E-state index is 6.17. The number of alkyl halides is 1. The summed E-state index contributed by atoms with van der Waals surface area (Å²) in [6.45, 7) is 7.32. The molecule has 1 unspecified atom stereocenters. The topological polar surface area (TPSA) is 12.0 Å². The Bertz CT molecular complexity index is 385. The maximum absolute atomic E-state index is 6.17. The van der Waals surface area contributed by atoms with Crippen LogP contribution in [0.3, 0.4) is 0 Å². The van der Waals surface area contributed by atoms with Gasteiger partial charge in [-0.05, 0) is 23.5 Å².